The van der Waals surface area contributed by atoms with E-state index in [1.54, 1.807) is 0 Å². The minimum Gasteiger partial charge on any atom is -0.370 e. The second-order valence-electron chi connectivity index (χ2n) is 4.48. The Morgan fingerprint density at radius 2 is 2.00 bits per heavy atom. The Morgan fingerprint density at radius 3 is 2.57 bits per heavy atom. The highest BCUT2D eigenvalue weighted by Crippen LogP contribution is 2.22. The molecule has 2 nitrogen and oxygen atoms in total. The Balaban J connectivity index is 2.03. The zero-order chi connectivity index (χ0) is 10.0. The zero-order valence-electron chi connectivity index (χ0n) is 8.79. The van der Waals surface area contributed by atoms with Crippen LogP contribution >= 0.6 is 0 Å². The first kappa shape index (κ1) is 9.69. The number of rotatable bonds is 1. The number of hydrogen-bond donors (Lipinski definition) is 1. The van der Waals surface area contributed by atoms with Gasteiger partial charge in [0.15, 0.2) is 0 Å². The second kappa shape index (κ2) is 3.71. The molecule has 0 unspecified atom stereocenters. The third-order valence-corrected chi connectivity index (χ3v) is 2.58. The molecule has 0 bridgehead atoms. The fraction of sp³-hybridized carbons (Fsp3) is 0.500. The van der Waals surface area contributed by atoms with Crippen LogP contribution in [0.1, 0.15) is 25.5 Å². The average molecular weight is 191 g/mol. The topological polar surface area (TPSA) is 21.3 Å². The Labute approximate surface area is 85.3 Å². The summed E-state index contributed by atoms with van der Waals surface area (Å²) in [6.07, 6.45) is 0.212. The van der Waals surface area contributed by atoms with E-state index < -0.39 is 0 Å². The summed E-state index contributed by atoms with van der Waals surface area (Å²) in [6.45, 7) is 5.99. The van der Waals surface area contributed by atoms with Crippen molar-refractivity contribution in [2.45, 2.75) is 25.5 Å². The molecular weight excluding hydrogens is 174 g/mol. The SMILES string of the molecule is CC1(C)CO[C@H](c2ccccc2)CN1. The Bertz CT molecular complexity index is 284. The van der Waals surface area contributed by atoms with Crippen molar-refractivity contribution in [3.05, 3.63) is 35.9 Å². The van der Waals surface area contributed by atoms with Gasteiger partial charge in [0.2, 0.25) is 0 Å². The first-order valence-electron chi connectivity index (χ1n) is 5.09. The van der Waals surface area contributed by atoms with E-state index in [-0.39, 0.29) is 11.6 Å². The van der Waals surface area contributed by atoms with E-state index in [2.05, 4.69) is 43.4 Å². The molecule has 1 aromatic rings. The predicted molar refractivity (Wildman–Crippen MR) is 57.2 cm³/mol. The summed E-state index contributed by atoms with van der Waals surface area (Å²) < 4.78 is 5.82. The van der Waals surface area contributed by atoms with E-state index in [4.69, 9.17) is 4.74 Å². The van der Waals surface area contributed by atoms with Crippen molar-refractivity contribution in [3.8, 4) is 0 Å². The van der Waals surface area contributed by atoms with Crippen LogP contribution in [-0.4, -0.2) is 18.7 Å². The fourth-order valence-electron chi connectivity index (χ4n) is 1.67. The molecular formula is C12H17NO. The molecule has 1 fully saturated rings. The average Bonchev–Trinajstić information content (AvgIpc) is 2.19. The van der Waals surface area contributed by atoms with Gasteiger partial charge in [0.05, 0.1) is 12.7 Å². The van der Waals surface area contributed by atoms with Gasteiger partial charge in [-0.05, 0) is 19.4 Å². The van der Waals surface area contributed by atoms with Crippen molar-refractivity contribution in [3.63, 3.8) is 0 Å². The number of benzene rings is 1. The van der Waals surface area contributed by atoms with E-state index >= 15 is 0 Å². The molecule has 1 atom stereocenters. The highest BCUT2D eigenvalue weighted by atomic mass is 16.5. The first-order chi connectivity index (χ1) is 6.67. The molecule has 1 saturated heterocycles. The third-order valence-electron chi connectivity index (χ3n) is 2.58. The van der Waals surface area contributed by atoms with Crippen LogP contribution in [0.25, 0.3) is 0 Å². The standard InChI is InChI=1S/C12H17NO/c1-12(2)9-14-11(8-13-12)10-6-4-3-5-7-10/h3-7,11,13H,8-9H2,1-2H3/t11-/m0/s1. The van der Waals surface area contributed by atoms with Crippen molar-refractivity contribution in [1.29, 1.82) is 0 Å². The van der Waals surface area contributed by atoms with Crippen molar-refractivity contribution in [2.75, 3.05) is 13.2 Å². The fourth-order valence-corrected chi connectivity index (χ4v) is 1.67. The summed E-state index contributed by atoms with van der Waals surface area (Å²) in [4.78, 5) is 0. The molecule has 0 amide bonds. The molecule has 1 N–H and O–H groups in total. The maximum Gasteiger partial charge on any atom is 0.0950 e. The van der Waals surface area contributed by atoms with Crippen LogP contribution < -0.4 is 5.32 Å². The van der Waals surface area contributed by atoms with Crippen LogP contribution in [0.2, 0.25) is 0 Å². The second-order valence-corrected chi connectivity index (χ2v) is 4.48. The zero-order valence-corrected chi connectivity index (χ0v) is 8.79. The lowest BCUT2D eigenvalue weighted by Gasteiger charge is -2.36. The molecule has 76 valence electrons. The molecule has 1 aromatic carbocycles. The molecule has 2 rings (SSSR count). The first-order valence-corrected chi connectivity index (χ1v) is 5.09. The largest absolute Gasteiger partial charge is 0.370 e. The van der Waals surface area contributed by atoms with Gasteiger partial charge in [0.1, 0.15) is 0 Å². The molecule has 14 heavy (non-hydrogen) atoms. The van der Waals surface area contributed by atoms with Crippen molar-refractivity contribution in [2.24, 2.45) is 0 Å². The van der Waals surface area contributed by atoms with E-state index in [0.29, 0.717) is 0 Å². The lowest BCUT2D eigenvalue weighted by atomic mass is 10.0. The summed E-state index contributed by atoms with van der Waals surface area (Å²) in [5.74, 6) is 0. The van der Waals surface area contributed by atoms with Gasteiger partial charge in [-0.3, -0.25) is 0 Å². The molecule has 0 aliphatic carbocycles. The molecule has 0 saturated carbocycles. The maximum atomic E-state index is 5.82. The van der Waals surface area contributed by atoms with Gasteiger partial charge in [0.25, 0.3) is 0 Å². The third kappa shape index (κ3) is 2.14. The van der Waals surface area contributed by atoms with E-state index in [0.717, 1.165) is 13.2 Å². The van der Waals surface area contributed by atoms with E-state index in [1.807, 2.05) is 6.07 Å². The van der Waals surface area contributed by atoms with Crippen LogP contribution in [-0.2, 0) is 4.74 Å². The van der Waals surface area contributed by atoms with Crippen LogP contribution in [0.5, 0.6) is 0 Å². The van der Waals surface area contributed by atoms with Gasteiger partial charge in [-0.1, -0.05) is 30.3 Å². The smallest absolute Gasteiger partial charge is 0.0950 e. The summed E-state index contributed by atoms with van der Waals surface area (Å²) in [6, 6.07) is 10.4. The minimum atomic E-state index is 0.116. The number of hydrogen-bond acceptors (Lipinski definition) is 2. The number of morpholine rings is 1. The Morgan fingerprint density at radius 1 is 1.29 bits per heavy atom. The molecule has 0 aromatic heterocycles. The molecule has 1 heterocycles. The van der Waals surface area contributed by atoms with Gasteiger partial charge in [-0.25, -0.2) is 0 Å². The molecule has 1 aliphatic rings. The highest BCUT2D eigenvalue weighted by Gasteiger charge is 2.27. The van der Waals surface area contributed by atoms with Gasteiger partial charge < -0.3 is 10.1 Å². The number of ether oxygens (including phenoxy) is 1. The Hall–Kier alpha value is -0.860. The normalized spacial score (nSPS) is 26.0. The van der Waals surface area contributed by atoms with Crippen molar-refractivity contribution in [1.82, 2.24) is 5.32 Å². The van der Waals surface area contributed by atoms with Gasteiger partial charge >= 0.3 is 0 Å². The lowest BCUT2D eigenvalue weighted by molar-refractivity contribution is -0.0228. The number of nitrogens with one attached hydrogen (secondary N) is 1. The van der Waals surface area contributed by atoms with Gasteiger partial charge in [-0.15, -0.1) is 0 Å². The summed E-state index contributed by atoms with van der Waals surface area (Å²) in [5.41, 5.74) is 1.38. The van der Waals surface area contributed by atoms with Gasteiger partial charge in [0, 0.05) is 12.1 Å². The quantitative estimate of drug-likeness (QED) is 0.734. The molecule has 0 spiro atoms. The molecule has 0 radical (unpaired) electrons. The minimum absolute atomic E-state index is 0.116. The van der Waals surface area contributed by atoms with Crippen molar-refractivity contribution >= 4 is 0 Å². The van der Waals surface area contributed by atoms with Crippen LogP contribution in [0, 0.1) is 0 Å². The summed E-state index contributed by atoms with van der Waals surface area (Å²) in [7, 11) is 0. The summed E-state index contributed by atoms with van der Waals surface area (Å²) >= 11 is 0. The maximum absolute atomic E-state index is 5.82. The molecule has 2 heteroatoms. The Kier molecular flexibility index (Phi) is 2.57. The van der Waals surface area contributed by atoms with Crippen LogP contribution in [0.15, 0.2) is 30.3 Å². The van der Waals surface area contributed by atoms with Gasteiger partial charge in [-0.2, -0.15) is 0 Å². The van der Waals surface area contributed by atoms with Crippen LogP contribution in [0.3, 0.4) is 0 Å². The monoisotopic (exact) mass is 191 g/mol. The molecule has 1 aliphatic heterocycles. The van der Waals surface area contributed by atoms with Crippen LogP contribution in [0.4, 0.5) is 0 Å². The highest BCUT2D eigenvalue weighted by molar-refractivity contribution is 5.18. The summed E-state index contributed by atoms with van der Waals surface area (Å²) in [5, 5.41) is 3.48. The van der Waals surface area contributed by atoms with Crippen molar-refractivity contribution < 1.29 is 4.74 Å². The predicted octanol–water partition coefficient (Wildman–Crippen LogP) is 2.13. The van der Waals surface area contributed by atoms with E-state index in [9.17, 15) is 0 Å². The lowest BCUT2D eigenvalue weighted by Crippen LogP contribution is -2.50. The van der Waals surface area contributed by atoms with E-state index in [1.165, 1.54) is 5.56 Å².